The fourth-order valence-electron chi connectivity index (χ4n) is 2.19. The summed E-state index contributed by atoms with van der Waals surface area (Å²) in [5.41, 5.74) is 1.45. The van der Waals surface area contributed by atoms with E-state index in [0.717, 1.165) is 25.3 Å². The van der Waals surface area contributed by atoms with E-state index in [4.69, 9.17) is 4.74 Å². The van der Waals surface area contributed by atoms with E-state index in [1.54, 1.807) is 0 Å². The lowest BCUT2D eigenvalue weighted by atomic mass is 9.87. The predicted molar refractivity (Wildman–Crippen MR) is 71.7 cm³/mol. The molecule has 1 N–H and O–H groups in total. The minimum atomic E-state index is -0.0451. The van der Waals surface area contributed by atoms with Gasteiger partial charge in [-0.3, -0.25) is 0 Å². The first kappa shape index (κ1) is 12.4. The van der Waals surface area contributed by atoms with Gasteiger partial charge >= 0.3 is 0 Å². The van der Waals surface area contributed by atoms with Gasteiger partial charge in [0.05, 0.1) is 0 Å². The third kappa shape index (κ3) is 3.01. The SMILES string of the molecule is CC1(Oc2cccc(C(C)(C)C)c2)CCNC1. The van der Waals surface area contributed by atoms with Crippen LogP contribution in [0, 0.1) is 0 Å². The van der Waals surface area contributed by atoms with E-state index in [1.165, 1.54) is 5.56 Å². The van der Waals surface area contributed by atoms with Crippen molar-refractivity contribution in [2.24, 2.45) is 0 Å². The predicted octanol–water partition coefficient (Wildman–Crippen LogP) is 3.11. The Bertz CT molecular complexity index is 386. The molecule has 17 heavy (non-hydrogen) atoms. The summed E-state index contributed by atoms with van der Waals surface area (Å²) >= 11 is 0. The molecule has 1 aromatic rings. The van der Waals surface area contributed by atoms with Crippen molar-refractivity contribution in [1.29, 1.82) is 0 Å². The highest BCUT2D eigenvalue weighted by molar-refractivity contribution is 5.33. The van der Waals surface area contributed by atoms with Crippen molar-refractivity contribution in [1.82, 2.24) is 5.32 Å². The second kappa shape index (κ2) is 4.34. The van der Waals surface area contributed by atoms with Gasteiger partial charge in [-0.05, 0) is 36.6 Å². The Morgan fingerprint density at radius 2 is 2.06 bits per heavy atom. The zero-order valence-corrected chi connectivity index (χ0v) is 11.3. The topological polar surface area (TPSA) is 21.3 Å². The maximum Gasteiger partial charge on any atom is 0.120 e. The summed E-state index contributed by atoms with van der Waals surface area (Å²) in [5, 5.41) is 3.35. The lowest BCUT2D eigenvalue weighted by Gasteiger charge is -2.26. The molecule has 0 radical (unpaired) electrons. The van der Waals surface area contributed by atoms with Crippen LogP contribution in [0.5, 0.6) is 5.75 Å². The molecule has 0 aromatic heterocycles. The highest BCUT2D eigenvalue weighted by Gasteiger charge is 2.30. The average molecular weight is 233 g/mol. The first-order valence-corrected chi connectivity index (χ1v) is 6.39. The number of nitrogens with one attached hydrogen (secondary N) is 1. The molecule has 94 valence electrons. The van der Waals surface area contributed by atoms with E-state index in [2.05, 4.69) is 57.3 Å². The summed E-state index contributed by atoms with van der Waals surface area (Å²) in [7, 11) is 0. The third-order valence-corrected chi connectivity index (χ3v) is 3.39. The van der Waals surface area contributed by atoms with Crippen LogP contribution in [0.25, 0.3) is 0 Å². The molecule has 0 saturated carbocycles. The number of hydrogen-bond donors (Lipinski definition) is 1. The molecule has 0 amide bonds. The van der Waals surface area contributed by atoms with Crippen molar-refractivity contribution in [3.05, 3.63) is 29.8 Å². The molecule has 1 heterocycles. The quantitative estimate of drug-likeness (QED) is 0.847. The monoisotopic (exact) mass is 233 g/mol. The molecule has 1 unspecified atom stereocenters. The minimum absolute atomic E-state index is 0.0451. The van der Waals surface area contributed by atoms with Crippen LogP contribution in [0.3, 0.4) is 0 Å². The van der Waals surface area contributed by atoms with Gasteiger partial charge in [0.15, 0.2) is 0 Å². The van der Waals surface area contributed by atoms with E-state index in [9.17, 15) is 0 Å². The van der Waals surface area contributed by atoms with Crippen LogP contribution < -0.4 is 10.1 Å². The summed E-state index contributed by atoms with van der Waals surface area (Å²) in [6.07, 6.45) is 1.08. The fraction of sp³-hybridized carbons (Fsp3) is 0.600. The van der Waals surface area contributed by atoms with Crippen LogP contribution in [0.4, 0.5) is 0 Å². The molecule has 2 heteroatoms. The van der Waals surface area contributed by atoms with Crippen molar-refractivity contribution >= 4 is 0 Å². The van der Waals surface area contributed by atoms with Crippen LogP contribution in [0.2, 0.25) is 0 Å². The van der Waals surface area contributed by atoms with Gasteiger partial charge in [0.2, 0.25) is 0 Å². The lowest BCUT2D eigenvalue weighted by molar-refractivity contribution is 0.111. The van der Waals surface area contributed by atoms with Gasteiger partial charge in [-0.2, -0.15) is 0 Å². The Labute approximate surface area is 104 Å². The van der Waals surface area contributed by atoms with Crippen LogP contribution in [0.1, 0.15) is 39.7 Å². The number of ether oxygens (including phenoxy) is 1. The van der Waals surface area contributed by atoms with Gasteiger partial charge in [-0.1, -0.05) is 32.9 Å². The van der Waals surface area contributed by atoms with Crippen molar-refractivity contribution in [2.75, 3.05) is 13.1 Å². The Morgan fingerprint density at radius 3 is 2.65 bits per heavy atom. The molecule has 1 fully saturated rings. The van der Waals surface area contributed by atoms with Crippen molar-refractivity contribution in [3.63, 3.8) is 0 Å². The summed E-state index contributed by atoms with van der Waals surface area (Å²) in [6.45, 7) is 10.8. The Morgan fingerprint density at radius 1 is 1.29 bits per heavy atom. The third-order valence-electron chi connectivity index (χ3n) is 3.39. The highest BCUT2D eigenvalue weighted by atomic mass is 16.5. The second-order valence-corrected chi connectivity index (χ2v) is 6.26. The first-order chi connectivity index (χ1) is 7.89. The average Bonchev–Trinajstić information content (AvgIpc) is 2.64. The van der Waals surface area contributed by atoms with E-state index < -0.39 is 0 Å². The number of rotatable bonds is 2. The zero-order chi connectivity index (χ0) is 12.5. The highest BCUT2D eigenvalue weighted by Crippen LogP contribution is 2.29. The summed E-state index contributed by atoms with van der Waals surface area (Å²) < 4.78 is 6.14. The molecular weight excluding hydrogens is 210 g/mol. The van der Waals surface area contributed by atoms with E-state index in [1.807, 2.05) is 0 Å². The molecule has 1 aliphatic heterocycles. The van der Waals surface area contributed by atoms with E-state index >= 15 is 0 Å². The maximum atomic E-state index is 6.14. The van der Waals surface area contributed by atoms with Crippen LogP contribution in [-0.2, 0) is 5.41 Å². The zero-order valence-electron chi connectivity index (χ0n) is 11.3. The lowest BCUT2D eigenvalue weighted by Crippen LogP contribution is -2.34. The van der Waals surface area contributed by atoms with Crippen molar-refractivity contribution < 1.29 is 4.74 Å². The van der Waals surface area contributed by atoms with Crippen molar-refractivity contribution in [3.8, 4) is 5.75 Å². The molecule has 2 nitrogen and oxygen atoms in total. The van der Waals surface area contributed by atoms with Gasteiger partial charge in [0.1, 0.15) is 11.4 Å². The van der Waals surface area contributed by atoms with E-state index in [0.29, 0.717) is 0 Å². The minimum Gasteiger partial charge on any atom is -0.486 e. The van der Waals surface area contributed by atoms with Crippen LogP contribution >= 0.6 is 0 Å². The largest absolute Gasteiger partial charge is 0.486 e. The van der Waals surface area contributed by atoms with Crippen LogP contribution in [-0.4, -0.2) is 18.7 Å². The summed E-state index contributed by atoms with van der Waals surface area (Å²) in [6, 6.07) is 8.48. The van der Waals surface area contributed by atoms with E-state index in [-0.39, 0.29) is 11.0 Å². The molecule has 0 spiro atoms. The Balaban J connectivity index is 2.17. The Kier molecular flexibility index (Phi) is 3.17. The summed E-state index contributed by atoms with van der Waals surface area (Å²) in [4.78, 5) is 0. The molecule has 1 aromatic carbocycles. The standard InChI is InChI=1S/C15H23NO/c1-14(2,3)12-6-5-7-13(10-12)17-15(4)8-9-16-11-15/h5-7,10,16H,8-9,11H2,1-4H3. The first-order valence-electron chi connectivity index (χ1n) is 6.39. The van der Waals surface area contributed by atoms with Gasteiger partial charge in [-0.25, -0.2) is 0 Å². The maximum absolute atomic E-state index is 6.14. The molecular formula is C15H23NO. The molecule has 1 saturated heterocycles. The fourth-order valence-corrected chi connectivity index (χ4v) is 2.19. The second-order valence-electron chi connectivity index (χ2n) is 6.26. The Hall–Kier alpha value is -1.02. The molecule has 2 rings (SSSR count). The molecule has 0 bridgehead atoms. The number of hydrogen-bond acceptors (Lipinski definition) is 2. The van der Waals surface area contributed by atoms with Gasteiger partial charge in [0.25, 0.3) is 0 Å². The van der Waals surface area contributed by atoms with Gasteiger partial charge in [-0.15, -0.1) is 0 Å². The smallest absolute Gasteiger partial charge is 0.120 e. The molecule has 0 aliphatic carbocycles. The summed E-state index contributed by atoms with van der Waals surface area (Å²) in [5.74, 6) is 0.989. The van der Waals surface area contributed by atoms with Crippen molar-refractivity contribution in [2.45, 2.75) is 45.1 Å². The molecule has 1 atom stereocenters. The number of benzene rings is 1. The van der Waals surface area contributed by atoms with Gasteiger partial charge in [0, 0.05) is 13.0 Å². The van der Waals surface area contributed by atoms with Crippen LogP contribution in [0.15, 0.2) is 24.3 Å². The van der Waals surface area contributed by atoms with Gasteiger partial charge < -0.3 is 10.1 Å². The normalized spacial score (nSPS) is 24.9. The molecule has 1 aliphatic rings.